The molecule has 1 unspecified atom stereocenters. The Labute approximate surface area is 123 Å². The number of hydrogen-bond donors (Lipinski definition) is 2. The lowest BCUT2D eigenvalue weighted by Gasteiger charge is -2.12. The summed E-state index contributed by atoms with van der Waals surface area (Å²) in [6, 6.07) is 11.5. The molecule has 2 heterocycles. The van der Waals surface area contributed by atoms with Crippen molar-refractivity contribution in [2.45, 2.75) is 18.9 Å². The fraction of sp³-hybridized carbons (Fsp3) is 0.312. The summed E-state index contributed by atoms with van der Waals surface area (Å²) >= 11 is 0. The van der Waals surface area contributed by atoms with Crippen LogP contribution in [0.3, 0.4) is 0 Å². The summed E-state index contributed by atoms with van der Waals surface area (Å²) in [6.07, 6.45) is 6.22. The molecule has 2 aromatic rings. The Morgan fingerprint density at radius 1 is 1.24 bits per heavy atom. The van der Waals surface area contributed by atoms with Gasteiger partial charge in [0, 0.05) is 36.9 Å². The maximum atomic E-state index is 11.8. The number of amides is 2. The number of nitrogens with zero attached hydrogens (tertiary/aromatic N) is 1. The van der Waals surface area contributed by atoms with Crippen LogP contribution in [0.1, 0.15) is 12.8 Å². The predicted octanol–water partition coefficient (Wildman–Crippen LogP) is 2.78. The summed E-state index contributed by atoms with van der Waals surface area (Å²) in [7, 11) is 0. The van der Waals surface area contributed by atoms with Gasteiger partial charge in [0.15, 0.2) is 0 Å². The first kappa shape index (κ1) is 13.7. The Morgan fingerprint density at radius 3 is 2.67 bits per heavy atom. The first-order chi connectivity index (χ1) is 10.3. The van der Waals surface area contributed by atoms with Gasteiger partial charge in [0.2, 0.25) is 0 Å². The van der Waals surface area contributed by atoms with Gasteiger partial charge in [0.05, 0.1) is 6.10 Å². The molecule has 3 rings (SSSR count). The van der Waals surface area contributed by atoms with E-state index in [0.29, 0.717) is 6.54 Å². The molecule has 21 heavy (non-hydrogen) atoms. The molecule has 0 spiro atoms. The molecule has 110 valence electrons. The van der Waals surface area contributed by atoms with Crippen LogP contribution in [0.15, 0.2) is 48.8 Å². The van der Waals surface area contributed by atoms with Crippen LogP contribution < -0.4 is 10.6 Å². The molecule has 0 saturated carbocycles. The number of anilines is 1. The first-order valence-electron chi connectivity index (χ1n) is 7.21. The van der Waals surface area contributed by atoms with Crippen molar-refractivity contribution in [1.29, 1.82) is 0 Å². The molecular weight excluding hydrogens is 266 g/mol. The van der Waals surface area contributed by atoms with E-state index in [2.05, 4.69) is 10.6 Å². The molecule has 1 aromatic carbocycles. The van der Waals surface area contributed by atoms with Crippen molar-refractivity contribution in [3.63, 3.8) is 0 Å². The Morgan fingerprint density at radius 2 is 2.00 bits per heavy atom. The Kier molecular flexibility index (Phi) is 4.21. The maximum Gasteiger partial charge on any atom is 0.319 e. The molecule has 1 fully saturated rings. The van der Waals surface area contributed by atoms with Gasteiger partial charge in [-0.15, -0.1) is 0 Å². The smallest absolute Gasteiger partial charge is 0.319 e. The van der Waals surface area contributed by atoms with E-state index < -0.39 is 0 Å². The zero-order chi connectivity index (χ0) is 14.5. The van der Waals surface area contributed by atoms with Gasteiger partial charge >= 0.3 is 6.03 Å². The van der Waals surface area contributed by atoms with Crippen molar-refractivity contribution in [2.24, 2.45) is 0 Å². The van der Waals surface area contributed by atoms with E-state index in [4.69, 9.17) is 4.74 Å². The molecular formula is C16H19N3O2. The van der Waals surface area contributed by atoms with Crippen molar-refractivity contribution < 1.29 is 9.53 Å². The number of hydrogen-bond acceptors (Lipinski definition) is 2. The third kappa shape index (κ3) is 3.64. The number of benzene rings is 1. The number of ether oxygens (including phenoxy) is 1. The molecule has 5 heteroatoms. The molecule has 1 aromatic heterocycles. The summed E-state index contributed by atoms with van der Waals surface area (Å²) in [5.74, 6) is 0. The summed E-state index contributed by atoms with van der Waals surface area (Å²) in [5, 5.41) is 5.66. The number of carbonyl (C=O) groups is 1. The zero-order valence-corrected chi connectivity index (χ0v) is 11.8. The molecule has 0 aliphatic carbocycles. The Bertz CT molecular complexity index is 572. The number of urea groups is 1. The maximum absolute atomic E-state index is 11.8. The van der Waals surface area contributed by atoms with Crippen molar-refractivity contribution in [2.75, 3.05) is 18.5 Å². The van der Waals surface area contributed by atoms with Crippen LogP contribution in [-0.4, -0.2) is 29.9 Å². The van der Waals surface area contributed by atoms with E-state index in [1.165, 1.54) is 0 Å². The standard InChI is InChI=1S/C16H19N3O2/c20-16(17-12-15-4-3-11-21-15)18-13-5-7-14(8-6-13)19-9-1-2-10-19/h1-2,5-10,15H,3-4,11-12H2,(H2,17,18,20). The second-order valence-corrected chi connectivity index (χ2v) is 5.11. The van der Waals surface area contributed by atoms with Crippen LogP contribution in [0.2, 0.25) is 0 Å². The SMILES string of the molecule is O=C(NCC1CCCO1)Nc1ccc(-n2cccc2)cc1. The van der Waals surface area contributed by atoms with Crippen LogP contribution >= 0.6 is 0 Å². The molecule has 1 saturated heterocycles. The van der Waals surface area contributed by atoms with E-state index in [0.717, 1.165) is 30.8 Å². The highest BCUT2D eigenvalue weighted by Gasteiger charge is 2.15. The number of rotatable bonds is 4. The molecule has 1 aliphatic heterocycles. The third-order valence-electron chi connectivity index (χ3n) is 3.54. The Balaban J connectivity index is 1.51. The van der Waals surface area contributed by atoms with Gasteiger partial charge in [-0.2, -0.15) is 0 Å². The van der Waals surface area contributed by atoms with Gasteiger partial charge in [0.25, 0.3) is 0 Å². The quantitative estimate of drug-likeness (QED) is 0.907. The number of aromatic nitrogens is 1. The van der Waals surface area contributed by atoms with E-state index in [1.54, 1.807) is 0 Å². The molecule has 0 radical (unpaired) electrons. The highest BCUT2D eigenvalue weighted by Crippen LogP contribution is 2.14. The molecule has 1 atom stereocenters. The van der Waals surface area contributed by atoms with Gasteiger partial charge in [-0.3, -0.25) is 0 Å². The lowest BCUT2D eigenvalue weighted by molar-refractivity contribution is 0.112. The van der Waals surface area contributed by atoms with Crippen LogP contribution in [0.25, 0.3) is 5.69 Å². The minimum Gasteiger partial charge on any atom is -0.376 e. The normalized spacial score (nSPS) is 17.6. The summed E-state index contributed by atoms with van der Waals surface area (Å²) < 4.78 is 7.48. The van der Waals surface area contributed by atoms with Crippen molar-refractivity contribution in [3.8, 4) is 5.69 Å². The van der Waals surface area contributed by atoms with E-state index in [-0.39, 0.29) is 12.1 Å². The fourth-order valence-corrected chi connectivity index (χ4v) is 2.41. The summed E-state index contributed by atoms with van der Waals surface area (Å²) in [5.41, 5.74) is 1.83. The lowest BCUT2D eigenvalue weighted by atomic mass is 10.2. The minimum absolute atomic E-state index is 0.159. The number of carbonyl (C=O) groups excluding carboxylic acids is 1. The zero-order valence-electron chi connectivity index (χ0n) is 11.8. The largest absolute Gasteiger partial charge is 0.376 e. The van der Waals surface area contributed by atoms with Gasteiger partial charge in [-0.1, -0.05) is 0 Å². The predicted molar refractivity (Wildman–Crippen MR) is 81.8 cm³/mol. The monoisotopic (exact) mass is 285 g/mol. The molecule has 1 aliphatic rings. The highest BCUT2D eigenvalue weighted by atomic mass is 16.5. The van der Waals surface area contributed by atoms with Gasteiger partial charge in [0.1, 0.15) is 0 Å². The molecule has 2 N–H and O–H groups in total. The van der Waals surface area contributed by atoms with Crippen LogP contribution in [0.4, 0.5) is 10.5 Å². The van der Waals surface area contributed by atoms with Gasteiger partial charge in [-0.25, -0.2) is 4.79 Å². The van der Waals surface area contributed by atoms with E-state index in [1.807, 2.05) is 53.4 Å². The fourth-order valence-electron chi connectivity index (χ4n) is 2.41. The summed E-state index contributed by atoms with van der Waals surface area (Å²) in [6.45, 7) is 1.36. The van der Waals surface area contributed by atoms with Crippen molar-refractivity contribution >= 4 is 11.7 Å². The lowest BCUT2D eigenvalue weighted by Crippen LogP contribution is -2.35. The topological polar surface area (TPSA) is 55.3 Å². The van der Waals surface area contributed by atoms with E-state index >= 15 is 0 Å². The van der Waals surface area contributed by atoms with Crippen LogP contribution in [0, 0.1) is 0 Å². The molecule has 5 nitrogen and oxygen atoms in total. The van der Waals surface area contributed by atoms with Gasteiger partial charge < -0.3 is 19.9 Å². The average Bonchev–Trinajstić information content (AvgIpc) is 3.19. The molecule has 0 bridgehead atoms. The van der Waals surface area contributed by atoms with Crippen molar-refractivity contribution in [3.05, 3.63) is 48.8 Å². The van der Waals surface area contributed by atoms with Gasteiger partial charge in [-0.05, 0) is 49.2 Å². The number of nitrogens with one attached hydrogen (secondary N) is 2. The highest BCUT2D eigenvalue weighted by molar-refractivity contribution is 5.89. The minimum atomic E-state index is -0.195. The third-order valence-corrected chi connectivity index (χ3v) is 3.54. The molecule has 2 amide bonds. The average molecular weight is 285 g/mol. The second-order valence-electron chi connectivity index (χ2n) is 5.11. The Hall–Kier alpha value is -2.27. The van der Waals surface area contributed by atoms with Crippen LogP contribution in [-0.2, 0) is 4.74 Å². The second kappa shape index (κ2) is 6.45. The summed E-state index contributed by atoms with van der Waals surface area (Å²) in [4.78, 5) is 11.8. The first-order valence-corrected chi connectivity index (χ1v) is 7.21. The van der Waals surface area contributed by atoms with Crippen molar-refractivity contribution in [1.82, 2.24) is 9.88 Å². The van der Waals surface area contributed by atoms with Crippen LogP contribution in [0.5, 0.6) is 0 Å². The van der Waals surface area contributed by atoms with E-state index in [9.17, 15) is 4.79 Å².